The van der Waals surface area contributed by atoms with Crippen LogP contribution in [0.3, 0.4) is 0 Å². The lowest BCUT2D eigenvalue weighted by Gasteiger charge is -2.11. The van der Waals surface area contributed by atoms with Crippen LogP contribution in [0, 0.1) is 0 Å². The number of alkyl halides is 3. The van der Waals surface area contributed by atoms with Crippen LogP contribution in [0.25, 0.3) is 0 Å². The summed E-state index contributed by atoms with van der Waals surface area (Å²) in [6.07, 6.45) is -4.46. The van der Waals surface area contributed by atoms with Gasteiger partial charge in [0.15, 0.2) is 0 Å². The van der Waals surface area contributed by atoms with Crippen LogP contribution in [-0.4, -0.2) is 27.9 Å². The minimum absolute atomic E-state index is 0.0684. The van der Waals surface area contributed by atoms with Crippen molar-refractivity contribution in [3.63, 3.8) is 0 Å². The van der Waals surface area contributed by atoms with E-state index >= 15 is 0 Å². The molecule has 0 aliphatic rings. The van der Waals surface area contributed by atoms with Crippen molar-refractivity contribution in [3.05, 3.63) is 59.7 Å². The maximum absolute atomic E-state index is 12.7. The average molecular weight is 401 g/mol. The van der Waals surface area contributed by atoms with Gasteiger partial charge >= 0.3 is 6.18 Å². The van der Waals surface area contributed by atoms with E-state index in [0.29, 0.717) is 5.56 Å². The summed E-state index contributed by atoms with van der Waals surface area (Å²) in [4.78, 5) is 12.0. The second-order valence-corrected chi connectivity index (χ2v) is 7.45. The van der Waals surface area contributed by atoms with E-state index in [1.807, 2.05) is 0 Å². The van der Waals surface area contributed by atoms with Gasteiger partial charge in [0.25, 0.3) is 0 Å². The molecule has 3 N–H and O–H groups in total. The summed E-state index contributed by atoms with van der Waals surface area (Å²) in [5.41, 5.74) is -0.0729. The first-order valence-corrected chi connectivity index (χ1v) is 9.30. The third kappa shape index (κ3) is 5.97. The Balaban J connectivity index is 1.91. The monoisotopic (exact) mass is 401 g/mol. The standard InChI is InChI=1S/C17H18F3N3O3S/c1-21-27(25,26)15-7-2-4-12(8-15)10-23-16(24)11-22-14-6-3-5-13(9-14)17(18,19)20/h2-9,21-22H,10-11H2,1H3,(H,23,24). The maximum Gasteiger partial charge on any atom is 0.416 e. The normalized spacial score (nSPS) is 11.9. The van der Waals surface area contributed by atoms with Crippen molar-refractivity contribution in [1.82, 2.24) is 10.0 Å². The first-order valence-electron chi connectivity index (χ1n) is 7.82. The Morgan fingerprint density at radius 1 is 1.07 bits per heavy atom. The molecule has 0 radical (unpaired) electrons. The lowest BCUT2D eigenvalue weighted by atomic mass is 10.2. The fraction of sp³-hybridized carbons (Fsp3) is 0.235. The molecule has 6 nitrogen and oxygen atoms in total. The molecule has 0 unspecified atom stereocenters. The van der Waals surface area contributed by atoms with E-state index in [1.54, 1.807) is 12.1 Å². The summed E-state index contributed by atoms with van der Waals surface area (Å²) in [5.74, 6) is -0.450. The van der Waals surface area contributed by atoms with Gasteiger partial charge in [0.2, 0.25) is 15.9 Å². The Kier molecular flexibility index (Phi) is 6.45. The average Bonchev–Trinajstić information content (AvgIpc) is 2.64. The Bertz CT molecular complexity index is 915. The third-order valence-electron chi connectivity index (χ3n) is 3.61. The highest BCUT2D eigenvalue weighted by atomic mass is 32.2. The number of halogens is 3. The number of hydrogen-bond acceptors (Lipinski definition) is 4. The van der Waals surface area contributed by atoms with Crippen LogP contribution >= 0.6 is 0 Å². The van der Waals surface area contributed by atoms with Crippen molar-refractivity contribution in [2.75, 3.05) is 18.9 Å². The van der Waals surface area contributed by atoms with E-state index in [9.17, 15) is 26.4 Å². The second-order valence-electron chi connectivity index (χ2n) is 5.56. The lowest BCUT2D eigenvalue weighted by molar-refractivity contribution is -0.137. The topological polar surface area (TPSA) is 87.3 Å². The third-order valence-corrected chi connectivity index (χ3v) is 5.02. The molecule has 0 aromatic heterocycles. The van der Waals surface area contributed by atoms with Crippen LogP contribution in [0.2, 0.25) is 0 Å². The molecule has 27 heavy (non-hydrogen) atoms. The van der Waals surface area contributed by atoms with Crippen LogP contribution in [0.4, 0.5) is 18.9 Å². The molecule has 2 rings (SSSR count). The number of carbonyl (C=O) groups is 1. The zero-order valence-electron chi connectivity index (χ0n) is 14.3. The number of hydrogen-bond donors (Lipinski definition) is 3. The number of benzene rings is 2. The van der Waals surface area contributed by atoms with Gasteiger partial charge in [-0.1, -0.05) is 18.2 Å². The van der Waals surface area contributed by atoms with Crippen molar-refractivity contribution in [2.24, 2.45) is 0 Å². The number of nitrogens with one attached hydrogen (secondary N) is 3. The Morgan fingerprint density at radius 2 is 1.78 bits per heavy atom. The van der Waals surface area contributed by atoms with Crippen molar-refractivity contribution >= 4 is 21.6 Å². The highest BCUT2D eigenvalue weighted by Crippen LogP contribution is 2.30. The molecular weight excluding hydrogens is 383 g/mol. The minimum atomic E-state index is -4.46. The van der Waals surface area contributed by atoms with Gasteiger partial charge in [-0.3, -0.25) is 4.79 Å². The molecule has 0 saturated carbocycles. The summed E-state index contributed by atoms with van der Waals surface area (Å²) < 4.78 is 63.7. The van der Waals surface area contributed by atoms with Gasteiger partial charge in [0.1, 0.15) is 0 Å². The quantitative estimate of drug-likeness (QED) is 0.665. The molecule has 10 heteroatoms. The van der Waals surface area contributed by atoms with Gasteiger partial charge in [-0.25, -0.2) is 13.1 Å². The first kappa shape index (κ1) is 20.7. The molecular formula is C17H18F3N3O3S. The molecule has 0 atom stereocenters. The molecule has 2 aromatic carbocycles. The summed E-state index contributed by atoms with van der Waals surface area (Å²) in [7, 11) is -2.29. The van der Waals surface area contributed by atoms with Crippen LogP contribution in [0.1, 0.15) is 11.1 Å². The van der Waals surface area contributed by atoms with Crippen LogP contribution in [0.15, 0.2) is 53.4 Å². The molecule has 0 aliphatic carbocycles. The van der Waals surface area contributed by atoms with Crippen LogP contribution < -0.4 is 15.4 Å². The van der Waals surface area contributed by atoms with Gasteiger partial charge < -0.3 is 10.6 Å². The molecule has 2 aromatic rings. The van der Waals surface area contributed by atoms with Crippen LogP contribution in [-0.2, 0) is 27.5 Å². The van der Waals surface area contributed by atoms with Crippen molar-refractivity contribution in [1.29, 1.82) is 0 Å². The van der Waals surface area contributed by atoms with E-state index in [1.165, 1.54) is 31.3 Å². The van der Waals surface area contributed by atoms with Crippen molar-refractivity contribution in [2.45, 2.75) is 17.6 Å². The van der Waals surface area contributed by atoms with E-state index < -0.39 is 27.7 Å². The highest BCUT2D eigenvalue weighted by molar-refractivity contribution is 7.89. The lowest BCUT2D eigenvalue weighted by Crippen LogP contribution is -2.29. The summed E-state index contributed by atoms with van der Waals surface area (Å²) in [6, 6.07) is 10.6. The number of rotatable bonds is 7. The first-order chi connectivity index (χ1) is 12.6. The Hall–Kier alpha value is -2.59. The fourth-order valence-electron chi connectivity index (χ4n) is 2.19. The number of carbonyl (C=O) groups excluding carboxylic acids is 1. The van der Waals surface area contributed by atoms with Crippen molar-refractivity contribution < 1.29 is 26.4 Å². The maximum atomic E-state index is 12.7. The molecule has 1 amide bonds. The fourth-order valence-corrected chi connectivity index (χ4v) is 2.99. The molecule has 0 aliphatic heterocycles. The number of amides is 1. The van der Waals surface area contributed by atoms with Gasteiger partial charge in [-0.2, -0.15) is 13.2 Å². The van der Waals surface area contributed by atoms with Gasteiger partial charge in [-0.15, -0.1) is 0 Å². The number of sulfonamides is 1. The predicted octanol–water partition coefficient (Wildman–Crippen LogP) is 2.34. The zero-order valence-corrected chi connectivity index (χ0v) is 15.1. The van der Waals surface area contributed by atoms with Gasteiger partial charge in [0, 0.05) is 12.2 Å². The SMILES string of the molecule is CNS(=O)(=O)c1cccc(CNC(=O)CNc2cccc(C(F)(F)F)c2)c1. The second kappa shape index (κ2) is 8.40. The number of anilines is 1. The summed E-state index contributed by atoms with van der Waals surface area (Å²) in [5, 5.41) is 5.19. The zero-order chi connectivity index (χ0) is 20.1. The van der Waals surface area contributed by atoms with E-state index in [0.717, 1.165) is 12.1 Å². The molecule has 0 bridgehead atoms. The van der Waals surface area contributed by atoms with E-state index in [2.05, 4.69) is 15.4 Å². The Labute approximate surface area is 154 Å². The van der Waals surface area contributed by atoms with E-state index in [-0.39, 0.29) is 23.7 Å². The highest BCUT2D eigenvalue weighted by Gasteiger charge is 2.30. The molecule has 0 saturated heterocycles. The predicted molar refractivity (Wildman–Crippen MR) is 94.5 cm³/mol. The smallest absolute Gasteiger partial charge is 0.376 e. The summed E-state index contributed by atoms with van der Waals surface area (Å²) >= 11 is 0. The van der Waals surface area contributed by atoms with Crippen LogP contribution in [0.5, 0.6) is 0 Å². The Morgan fingerprint density at radius 3 is 2.44 bits per heavy atom. The largest absolute Gasteiger partial charge is 0.416 e. The van der Waals surface area contributed by atoms with E-state index in [4.69, 9.17) is 0 Å². The van der Waals surface area contributed by atoms with Crippen molar-refractivity contribution in [3.8, 4) is 0 Å². The van der Waals surface area contributed by atoms with Gasteiger partial charge in [0.05, 0.1) is 17.0 Å². The summed E-state index contributed by atoms with van der Waals surface area (Å²) in [6.45, 7) is -0.147. The molecule has 0 fully saturated rings. The molecule has 0 heterocycles. The van der Waals surface area contributed by atoms with Gasteiger partial charge in [-0.05, 0) is 42.9 Å². The molecule has 0 spiro atoms. The molecule has 146 valence electrons. The minimum Gasteiger partial charge on any atom is -0.376 e.